The second kappa shape index (κ2) is 6.76. The van der Waals surface area contributed by atoms with Gasteiger partial charge >= 0.3 is 0 Å². The molecule has 0 saturated heterocycles. The second-order valence-electron chi connectivity index (χ2n) is 4.90. The number of methoxy groups -OCH3 is 1. The van der Waals surface area contributed by atoms with E-state index >= 15 is 0 Å². The molecule has 2 rings (SSSR count). The lowest BCUT2D eigenvalue weighted by Crippen LogP contribution is -2.12. The van der Waals surface area contributed by atoms with E-state index in [0.717, 1.165) is 11.1 Å². The third-order valence-corrected chi connectivity index (χ3v) is 3.38. The molecule has 0 unspecified atom stereocenters. The zero-order chi connectivity index (χ0) is 16.1. The van der Waals surface area contributed by atoms with Crippen molar-refractivity contribution in [2.24, 2.45) is 5.16 Å². The number of carbonyl (C=O) groups excluding carboxylic acids is 1. The quantitative estimate of drug-likeness (QED) is 0.516. The SMILES string of the molecule is COc1cc(C(=O)Nc2ccc(/C(C)=N/O)cc2)ccc1C. The molecule has 114 valence electrons. The fourth-order valence-corrected chi connectivity index (χ4v) is 2.02. The van der Waals surface area contributed by atoms with E-state index in [9.17, 15) is 4.79 Å². The van der Waals surface area contributed by atoms with Crippen molar-refractivity contribution < 1.29 is 14.7 Å². The number of oxime groups is 1. The summed E-state index contributed by atoms with van der Waals surface area (Å²) in [5, 5.41) is 14.7. The van der Waals surface area contributed by atoms with Crippen LogP contribution in [0.2, 0.25) is 0 Å². The van der Waals surface area contributed by atoms with Gasteiger partial charge in [0.2, 0.25) is 0 Å². The van der Waals surface area contributed by atoms with Crippen LogP contribution >= 0.6 is 0 Å². The molecule has 0 aliphatic rings. The largest absolute Gasteiger partial charge is 0.496 e. The van der Waals surface area contributed by atoms with E-state index < -0.39 is 0 Å². The van der Waals surface area contributed by atoms with Crippen LogP contribution in [0.3, 0.4) is 0 Å². The Kier molecular flexibility index (Phi) is 4.78. The molecular formula is C17H18N2O3. The summed E-state index contributed by atoms with van der Waals surface area (Å²) < 4.78 is 5.22. The van der Waals surface area contributed by atoms with Crippen molar-refractivity contribution in [3.05, 3.63) is 59.2 Å². The number of hydrogen-bond acceptors (Lipinski definition) is 4. The Bertz CT molecular complexity index is 706. The molecule has 0 bridgehead atoms. The van der Waals surface area contributed by atoms with Gasteiger partial charge in [-0.15, -0.1) is 0 Å². The average Bonchev–Trinajstić information content (AvgIpc) is 2.55. The van der Waals surface area contributed by atoms with E-state index in [0.29, 0.717) is 22.7 Å². The maximum atomic E-state index is 12.2. The molecule has 2 N–H and O–H groups in total. The molecule has 2 aromatic rings. The molecular weight excluding hydrogens is 280 g/mol. The lowest BCUT2D eigenvalue weighted by molar-refractivity contribution is 0.102. The first-order valence-electron chi connectivity index (χ1n) is 6.80. The van der Waals surface area contributed by atoms with Gasteiger partial charge in [-0.2, -0.15) is 0 Å². The first kappa shape index (κ1) is 15.6. The fourth-order valence-electron chi connectivity index (χ4n) is 2.02. The lowest BCUT2D eigenvalue weighted by atomic mass is 10.1. The van der Waals surface area contributed by atoms with Gasteiger partial charge in [0.1, 0.15) is 5.75 Å². The van der Waals surface area contributed by atoms with Gasteiger partial charge in [-0.25, -0.2) is 0 Å². The molecule has 5 heteroatoms. The summed E-state index contributed by atoms with van der Waals surface area (Å²) in [5.74, 6) is 0.469. The Morgan fingerprint density at radius 2 is 1.77 bits per heavy atom. The first-order valence-corrected chi connectivity index (χ1v) is 6.80. The number of nitrogens with zero attached hydrogens (tertiary/aromatic N) is 1. The number of amides is 1. The predicted molar refractivity (Wildman–Crippen MR) is 86.1 cm³/mol. The van der Waals surface area contributed by atoms with Crippen molar-refractivity contribution >= 4 is 17.3 Å². The van der Waals surface area contributed by atoms with Gasteiger partial charge in [0.15, 0.2) is 0 Å². The normalized spacial score (nSPS) is 11.1. The molecule has 0 aliphatic heterocycles. The molecule has 0 spiro atoms. The topological polar surface area (TPSA) is 70.9 Å². The smallest absolute Gasteiger partial charge is 0.255 e. The van der Waals surface area contributed by atoms with Gasteiger partial charge in [-0.1, -0.05) is 23.4 Å². The van der Waals surface area contributed by atoms with Crippen LogP contribution in [0.25, 0.3) is 0 Å². The monoisotopic (exact) mass is 298 g/mol. The molecule has 1 amide bonds. The summed E-state index contributed by atoms with van der Waals surface area (Å²) in [7, 11) is 1.58. The van der Waals surface area contributed by atoms with E-state index in [1.807, 2.05) is 13.0 Å². The highest BCUT2D eigenvalue weighted by Crippen LogP contribution is 2.20. The molecule has 0 fully saturated rings. The molecule has 0 aliphatic carbocycles. The number of nitrogens with one attached hydrogen (secondary N) is 1. The number of aryl methyl sites for hydroxylation is 1. The van der Waals surface area contributed by atoms with Crippen molar-refractivity contribution in [2.45, 2.75) is 13.8 Å². The fraction of sp³-hybridized carbons (Fsp3) is 0.176. The molecule has 5 nitrogen and oxygen atoms in total. The number of hydrogen-bond donors (Lipinski definition) is 2. The van der Waals surface area contributed by atoms with Crippen molar-refractivity contribution in [1.82, 2.24) is 0 Å². The van der Waals surface area contributed by atoms with Crippen LogP contribution in [-0.4, -0.2) is 23.9 Å². The minimum atomic E-state index is -0.210. The predicted octanol–water partition coefficient (Wildman–Crippen LogP) is 3.45. The zero-order valence-electron chi connectivity index (χ0n) is 12.8. The Morgan fingerprint density at radius 3 is 2.36 bits per heavy atom. The summed E-state index contributed by atoms with van der Waals surface area (Å²) >= 11 is 0. The second-order valence-corrected chi connectivity index (χ2v) is 4.90. The van der Waals surface area contributed by atoms with Gasteiger partial charge in [-0.3, -0.25) is 4.79 Å². The average molecular weight is 298 g/mol. The summed E-state index contributed by atoms with van der Waals surface area (Å²) in [6.07, 6.45) is 0. The maximum Gasteiger partial charge on any atom is 0.255 e. The van der Waals surface area contributed by atoms with Crippen LogP contribution in [0.4, 0.5) is 5.69 Å². The summed E-state index contributed by atoms with van der Waals surface area (Å²) in [4.78, 5) is 12.2. The molecule has 0 radical (unpaired) electrons. The van der Waals surface area contributed by atoms with Crippen molar-refractivity contribution in [3.63, 3.8) is 0 Å². The summed E-state index contributed by atoms with van der Waals surface area (Å²) in [5.41, 5.74) is 3.47. The summed E-state index contributed by atoms with van der Waals surface area (Å²) in [6.45, 7) is 3.62. The van der Waals surface area contributed by atoms with Gasteiger partial charge in [-0.05, 0) is 49.2 Å². The van der Waals surface area contributed by atoms with E-state index in [1.165, 1.54) is 0 Å². The molecule has 0 heterocycles. The molecule has 0 saturated carbocycles. The van der Waals surface area contributed by atoms with Crippen molar-refractivity contribution in [3.8, 4) is 5.75 Å². The highest BCUT2D eigenvalue weighted by molar-refractivity contribution is 6.05. The van der Waals surface area contributed by atoms with E-state index in [1.54, 1.807) is 50.4 Å². The minimum absolute atomic E-state index is 0.210. The number of benzene rings is 2. The molecule has 2 aromatic carbocycles. The van der Waals surface area contributed by atoms with Crippen LogP contribution in [0.5, 0.6) is 5.75 Å². The number of rotatable bonds is 4. The van der Waals surface area contributed by atoms with Crippen LogP contribution in [0, 0.1) is 6.92 Å². The van der Waals surface area contributed by atoms with Gasteiger partial charge < -0.3 is 15.3 Å². The third kappa shape index (κ3) is 3.44. The van der Waals surface area contributed by atoms with Gasteiger partial charge in [0.25, 0.3) is 5.91 Å². The Balaban J connectivity index is 2.15. The first-order chi connectivity index (χ1) is 10.5. The van der Waals surface area contributed by atoms with Crippen LogP contribution in [0.1, 0.15) is 28.4 Å². The molecule has 0 aromatic heterocycles. The van der Waals surface area contributed by atoms with Crippen LogP contribution in [0.15, 0.2) is 47.6 Å². The van der Waals surface area contributed by atoms with Gasteiger partial charge in [0.05, 0.1) is 12.8 Å². The Morgan fingerprint density at radius 1 is 1.14 bits per heavy atom. The highest BCUT2D eigenvalue weighted by atomic mass is 16.5. The highest BCUT2D eigenvalue weighted by Gasteiger charge is 2.09. The van der Waals surface area contributed by atoms with E-state index in [2.05, 4.69) is 10.5 Å². The van der Waals surface area contributed by atoms with E-state index in [4.69, 9.17) is 9.94 Å². The van der Waals surface area contributed by atoms with E-state index in [-0.39, 0.29) is 5.91 Å². The van der Waals surface area contributed by atoms with Crippen molar-refractivity contribution in [2.75, 3.05) is 12.4 Å². The Labute approximate surface area is 129 Å². The number of anilines is 1. The molecule has 22 heavy (non-hydrogen) atoms. The Hall–Kier alpha value is -2.82. The summed E-state index contributed by atoms with van der Waals surface area (Å²) in [6, 6.07) is 12.4. The standard InChI is InChI=1S/C17H18N2O3/c1-11-4-5-14(10-16(11)22-3)17(20)18-15-8-6-13(7-9-15)12(2)19-21/h4-10,21H,1-3H3,(H,18,20)/b19-12+. The minimum Gasteiger partial charge on any atom is -0.496 e. The van der Waals surface area contributed by atoms with Crippen LogP contribution in [-0.2, 0) is 0 Å². The molecule has 0 atom stereocenters. The third-order valence-electron chi connectivity index (χ3n) is 3.38. The van der Waals surface area contributed by atoms with Crippen molar-refractivity contribution in [1.29, 1.82) is 0 Å². The zero-order valence-corrected chi connectivity index (χ0v) is 12.8. The van der Waals surface area contributed by atoms with Gasteiger partial charge in [0, 0.05) is 11.3 Å². The number of carbonyl (C=O) groups is 1. The van der Waals surface area contributed by atoms with Crippen LogP contribution < -0.4 is 10.1 Å². The maximum absolute atomic E-state index is 12.2. The number of ether oxygens (including phenoxy) is 1. The lowest BCUT2D eigenvalue weighted by Gasteiger charge is -2.09.